The van der Waals surface area contributed by atoms with Gasteiger partial charge >= 0.3 is 0 Å². The minimum absolute atomic E-state index is 0.136. The van der Waals surface area contributed by atoms with Crippen LogP contribution in [0, 0.1) is 19.8 Å². The van der Waals surface area contributed by atoms with Gasteiger partial charge in [0.25, 0.3) is 0 Å². The van der Waals surface area contributed by atoms with Gasteiger partial charge in [0, 0.05) is 24.6 Å². The third kappa shape index (κ3) is 4.63. The first kappa shape index (κ1) is 20.1. The van der Waals surface area contributed by atoms with Gasteiger partial charge in [-0.15, -0.1) is 0 Å². The quantitative estimate of drug-likeness (QED) is 0.558. The van der Waals surface area contributed by atoms with E-state index in [2.05, 4.69) is 21.7 Å². The molecule has 1 heterocycles. The van der Waals surface area contributed by atoms with E-state index in [0.717, 1.165) is 16.8 Å². The van der Waals surface area contributed by atoms with E-state index in [-0.39, 0.29) is 17.6 Å². The highest BCUT2D eigenvalue weighted by Crippen LogP contribution is 2.41. The predicted molar refractivity (Wildman–Crippen MR) is 107 cm³/mol. The van der Waals surface area contributed by atoms with Crippen molar-refractivity contribution in [1.29, 1.82) is 0 Å². The molecule has 1 fully saturated rings. The molecule has 3 rings (SSSR count). The molecule has 0 unspecified atom stereocenters. The summed E-state index contributed by atoms with van der Waals surface area (Å²) < 4.78 is 4.97. The van der Waals surface area contributed by atoms with Crippen molar-refractivity contribution in [2.75, 3.05) is 25.6 Å². The van der Waals surface area contributed by atoms with Crippen molar-refractivity contribution in [3.8, 4) is 0 Å². The highest BCUT2D eigenvalue weighted by atomic mass is 32.2. The SMILES string of the molecule is COCCNC(=O)[C@H]1C[C@@H](O)[C@H](O)[C@H]2N=C(Nc3cc(C)cc(C)c3)S[C@@H]21. The van der Waals surface area contributed by atoms with E-state index in [0.29, 0.717) is 18.3 Å². The van der Waals surface area contributed by atoms with Crippen LogP contribution in [-0.2, 0) is 9.53 Å². The van der Waals surface area contributed by atoms with Gasteiger partial charge in [-0.2, -0.15) is 0 Å². The molecule has 0 radical (unpaired) electrons. The first-order chi connectivity index (χ1) is 12.9. The molecule has 8 heteroatoms. The molecule has 1 saturated carbocycles. The number of amidine groups is 1. The molecule has 1 aliphatic carbocycles. The minimum atomic E-state index is -0.968. The van der Waals surface area contributed by atoms with Crippen LogP contribution in [0.2, 0.25) is 0 Å². The number of fused-ring (bicyclic) bond motifs is 1. The number of nitrogens with one attached hydrogen (secondary N) is 2. The summed E-state index contributed by atoms with van der Waals surface area (Å²) in [7, 11) is 1.58. The largest absolute Gasteiger partial charge is 0.390 e. The normalized spacial score (nSPS) is 29.8. The molecular formula is C19H27N3O4S. The van der Waals surface area contributed by atoms with Crippen molar-refractivity contribution in [2.45, 2.75) is 43.8 Å². The van der Waals surface area contributed by atoms with Gasteiger partial charge < -0.3 is 25.6 Å². The maximum Gasteiger partial charge on any atom is 0.224 e. The van der Waals surface area contributed by atoms with Gasteiger partial charge in [0.15, 0.2) is 5.17 Å². The Balaban J connectivity index is 1.73. The fraction of sp³-hybridized carbons (Fsp3) is 0.579. The van der Waals surface area contributed by atoms with E-state index in [9.17, 15) is 15.0 Å². The van der Waals surface area contributed by atoms with Crippen LogP contribution in [0.15, 0.2) is 23.2 Å². The van der Waals surface area contributed by atoms with Gasteiger partial charge in [-0.1, -0.05) is 17.8 Å². The highest BCUT2D eigenvalue weighted by Gasteiger charge is 2.50. The van der Waals surface area contributed by atoms with Gasteiger partial charge in [0.1, 0.15) is 6.10 Å². The number of carbonyl (C=O) groups is 1. The summed E-state index contributed by atoms with van der Waals surface area (Å²) >= 11 is 1.46. The molecule has 148 valence electrons. The van der Waals surface area contributed by atoms with E-state index < -0.39 is 24.2 Å². The number of aryl methyl sites for hydroxylation is 2. The number of anilines is 1. The van der Waals surface area contributed by atoms with Gasteiger partial charge in [0.05, 0.1) is 24.7 Å². The molecule has 1 aromatic rings. The lowest BCUT2D eigenvalue weighted by molar-refractivity contribution is -0.129. The standard InChI is InChI=1S/C19H27N3O4S/c1-10-6-11(2)8-12(7-10)21-19-22-15-16(24)14(23)9-13(17(15)27-19)18(25)20-4-5-26-3/h6-8,13-17,23-24H,4-5,9H2,1-3H3,(H,20,25)(H,21,22)/t13-,14+,15+,16-,17+/m0/s1. The van der Waals surface area contributed by atoms with Gasteiger partial charge in [-0.05, 0) is 43.5 Å². The Morgan fingerprint density at radius 3 is 2.67 bits per heavy atom. The molecule has 4 N–H and O–H groups in total. The van der Waals surface area contributed by atoms with Crippen molar-refractivity contribution >= 4 is 28.5 Å². The smallest absolute Gasteiger partial charge is 0.224 e. The Morgan fingerprint density at radius 1 is 1.30 bits per heavy atom. The third-order valence-electron chi connectivity index (χ3n) is 4.90. The molecule has 2 aliphatic rings. The number of aliphatic imine (C=N–C) groups is 1. The third-order valence-corrected chi connectivity index (χ3v) is 6.21. The molecule has 1 aliphatic heterocycles. The van der Waals surface area contributed by atoms with Crippen LogP contribution in [-0.4, -0.2) is 65.0 Å². The molecule has 27 heavy (non-hydrogen) atoms. The Kier molecular flexibility index (Phi) is 6.41. The fourth-order valence-electron chi connectivity index (χ4n) is 3.69. The van der Waals surface area contributed by atoms with Crippen molar-refractivity contribution in [1.82, 2.24) is 5.32 Å². The topological polar surface area (TPSA) is 103 Å². The van der Waals surface area contributed by atoms with Crippen LogP contribution in [0.3, 0.4) is 0 Å². The summed E-state index contributed by atoms with van der Waals surface area (Å²) in [6.45, 7) is 4.91. The second-order valence-electron chi connectivity index (χ2n) is 7.19. The first-order valence-corrected chi connectivity index (χ1v) is 9.99. The van der Waals surface area contributed by atoms with E-state index in [1.54, 1.807) is 7.11 Å². The van der Waals surface area contributed by atoms with Crippen molar-refractivity contribution < 1.29 is 19.7 Å². The molecule has 1 amide bonds. The van der Waals surface area contributed by atoms with Crippen LogP contribution >= 0.6 is 11.8 Å². The van der Waals surface area contributed by atoms with Crippen LogP contribution in [0.4, 0.5) is 5.69 Å². The fourth-order valence-corrected chi connectivity index (χ4v) is 5.06. The molecule has 7 nitrogen and oxygen atoms in total. The number of aliphatic hydroxyl groups is 2. The lowest BCUT2D eigenvalue weighted by atomic mass is 9.81. The Morgan fingerprint density at radius 2 is 2.00 bits per heavy atom. The summed E-state index contributed by atoms with van der Waals surface area (Å²) in [5.41, 5.74) is 3.21. The van der Waals surface area contributed by atoms with Gasteiger partial charge in [-0.25, -0.2) is 0 Å². The first-order valence-electron chi connectivity index (χ1n) is 9.11. The maximum absolute atomic E-state index is 12.6. The number of rotatable bonds is 5. The number of ether oxygens (including phenoxy) is 1. The number of nitrogens with zero attached hydrogens (tertiary/aromatic N) is 1. The van der Waals surface area contributed by atoms with Gasteiger partial charge in [-0.3, -0.25) is 9.79 Å². The highest BCUT2D eigenvalue weighted by molar-refractivity contribution is 8.15. The molecular weight excluding hydrogens is 366 g/mol. The number of methoxy groups -OCH3 is 1. The Hall–Kier alpha value is -1.61. The maximum atomic E-state index is 12.6. The van der Waals surface area contributed by atoms with E-state index in [1.165, 1.54) is 11.8 Å². The molecule has 1 aromatic carbocycles. The van der Waals surface area contributed by atoms with E-state index >= 15 is 0 Å². The lowest BCUT2D eigenvalue weighted by Gasteiger charge is -2.37. The average molecular weight is 394 g/mol. The summed E-state index contributed by atoms with van der Waals surface area (Å²) in [6, 6.07) is 5.64. The van der Waals surface area contributed by atoms with E-state index in [4.69, 9.17) is 4.74 Å². The monoisotopic (exact) mass is 393 g/mol. The van der Waals surface area contributed by atoms with Gasteiger partial charge in [0.2, 0.25) is 5.91 Å². The summed E-state index contributed by atoms with van der Waals surface area (Å²) in [5.74, 6) is -0.555. The number of hydrogen-bond donors (Lipinski definition) is 4. The van der Waals surface area contributed by atoms with Crippen LogP contribution in [0.1, 0.15) is 17.5 Å². The molecule has 0 bridgehead atoms. The number of carbonyl (C=O) groups excluding carboxylic acids is 1. The Labute approximate surface area is 163 Å². The summed E-state index contributed by atoms with van der Waals surface area (Å²) in [4.78, 5) is 17.2. The zero-order valence-corrected chi connectivity index (χ0v) is 16.6. The van der Waals surface area contributed by atoms with Crippen molar-refractivity contribution in [3.63, 3.8) is 0 Å². The van der Waals surface area contributed by atoms with E-state index in [1.807, 2.05) is 26.0 Å². The number of benzene rings is 1. The zero-order valence-electron chi connectivity index (χ0n) is 15.8. The van der Waals surface area contributed by atoms with Crippen LogP contribution in [0.5, 0.6) is 0 Å². The molecule has 0 aromatic heterocycles. The number of amides is 1. The second-order valence-corrected chi connectivity index (χ2v) is 8.36. The minimum Gasteiger partial charge on any atom is -0.390 e. The summed E-state index contributed by atoms with van der Waals surface area (Å²) in [6.07, 6.45) is -1.71. The summed E-state index contributed by atoms with van der Waals surface area (Å²) in [5, 5.41) is 27.2. The van der Waals surface area contributed by atoms with Crippen molar-refractivity contribution in [2.24, 2.45) is 10.9 Å². The molecule has 0 saturated heterocycles. The number of aliphatic hydroxyl groups excluding tert-OH is 2. The second kappa shape index (κ2) is 8.60. The lowest BCUT2D eigenvalue weighted by Crippen LogP contribution is -2.54. The van der Waals surface area contributed by atoms with Crippen LogP contribution < -0.4 is 10.6 Å². The zero-order chi connectivity index (χ0) is 19.6. The molecule has 5 atom stereocenters. The number of hydrogen-bond acceptors (Lipinski definition) is 7. The van der Waals surface area contributed by atoms with Crippen molar-refractivity contribution in [3.05, 3.63) is 29.3 Å². The Bertz CT molecular complexity index is 707. The number of thioether (sulfide) groups is 1. The average Bonchev–Trinajstić information content (AvgIpc) is 3.01. The molecule has 0 spiro atoms. The predicted octanol–water partition coefficient (Wildman–Crippen LogP) is 1.06. The van der Waals surface area contributed by atoms with Crippen LogP contribution in [0.25, 0.3) is 0 Å².